The second-order valence-corrected chi connectivity index (χ2v) is 8.86. The number of carbonyl (C=O) groups is 1. The van der Waals surface area contributed by atoms with Gasteiger partial charge in [-0.05, 0) is 81.7 Å². The van der Waals surface area contributed by atoms with Crippen LogP contribution < -0.4 is 14.9 Å². The van der Waals surface area contributed by atoms with E-state index >= 15 is 0 Å². The lowest BCUT2D eigenvalue weighted by molar-refractivity contribution is 0.0951. The first-order valence-electron chi connectivity index (χ1n) is 11.1. The first-order valence-corrected chi connectivity index (χ1v) is 12.2. The zero-order chi connectivity index (χ0) is 25.5. The number of nitrogens with one attached hydrogen (secondary N) is 1. The molecule has 0 atom stereocenters. The third-order valence-corrected chi connectivity index (χ3v) is 6.11. The maximum absolute atomic E-state index is 14.1. The molecule has 4 rings (SSSR count). The summed E-state index contributed by atoms with van der Waals surface area (Å²) in [4.78, 5) is 12.3. The quantitative estimate of drug-likeness (QED) is 0.150. The van der Waals surface area contributed by atoms with E-state index in [4.69, 9.17) is 14.7 Å². The minimum absolute atomic E-state index is 0.133. The number of benzene rings is 4. The number of hydrogen-bond donors (Lipinski definition) is 1. The number of ether oxygens (including phenoxy) is 2. The summed E-state index contributed by atoms with van der Waals surface area (Å²) in [6.07, 6.45) is 1.44. The van der Waals surface area contributed by atoms with Crippen LogP contribution in [0, 0.1) is 20.7 Å². The van der Waals surface area contributed by atoms with E-state index < -0.39 is 11.7 Å². The summed E-state index contributed by atoms with van der Waals surface area (Å²) in [5.41, 5.74) is 3.97. The molecule has 6 nitrogen and oxygen atoms in total. The molecule has 0 fully saturated rings. The van der Waals surface area contributed by atoms with Gasteiger partial charge in [0, 0.05) is 0 Å². The van der Waals surface area contributed by atoms with Gasteiger partial charge in [-0.2, -0.15) is 10.4 Å². The minimum Gasteiger partial charge on any atom is -0.490 e. The number of amides is 1. The normalized spacial score (nSPS) is 10.8. The molecular formula is C28H21FIN3O3. The molecule has 1 amide bonds. The first-order chi connectivity index (χ1) is 17.5. The van der Waals surface area contributed by atoms with Crippen molar-refractivity contribution in [3.8, 4) is 17.6 Å². The van der Waals surface area contributed by atoms with Crippen molar-refractivity contribution in [2.24, 2.45) is 5.10 Å². The van der Waals surface area contributed by atoms with E-state index in [9.17, 15) is 9.18 Å². The van der Waals surface area contributed by atoms with Crippen molar-refractivity contribution in [2.75, 3.05) is 6.61 Å². The summed E-state index contributed by atoms with van der Waals surface area (Å²) >= 11 is 2.17. The molecule has 0 aliphatic rings. The molecule has 180 valence electrons. The molecule has 4 aromatic carbocycles. The number of nitriles is 1. The SMILES string of the molecule is CCOc1cc(/C=N\NC(=O)c2ccc(C#N)cc2F)cc(I)c1OCc1cccc2ccccc12. The second kappa shape index (κ2) is 11.6. The minimum atomic E-state index is -0.789. The molecule has 0 heterocycles. The largest absolute Gasteiger partial charge is 0.490 e. The molecule has 36 heavy (non-hydrogen) atoms. The Bertz CT molecular complexity index is 1490. The third-order valence-electron chi connectivity index (χ3n) is 5.31. The van der Waals surface area contributed by atoms with Crippen LogP contribution in [-0.4, -0.2) is 18.7 Å². The molecule has 8 heteroatoms. The molecule has 0 saturated heterocycles. The van der Waals surface area contributed by atoms with Gasteiger partial charge in [0.2, 0.25) is 0 Å². The molecule has 0 saturated carbocycles. The third kappa shape index (κ3) is 5.80. The van der Waals surface area contributed by atoms with Gasteiger partial charge in [0.25, 0.3) is 5.91 Å². The molecule has 4 aromatic rings. The summed E-state index contributed by atoms with van der Waals surface area (Å²) in [6, 6.07) is 23.3. The van der Waals surface area contributed by atoms with Gasteiger partial charge in [-0.3, -0.25) is 4.79 Å². The van der Waals surface area contributed by atoms with E-state index in [1.807, 2.05) is 43.3 Å². The van der Waals surface area contributed by atoms with Crippen LogP contribution in [-0.2, 0) is 6.61 Å². The van der Waals surface area contributed by atoms with Gasteiger partial charge < -0.3 is 9.47 Å². The molecule has 0 radical (unpaired) electrons. The lowest BCUT2D eigenvalue weighted by Gasteiger charge is -2.15. The van der Waals surface area contributed by atoms with Crippen molar-refractivity contribution in [1.29, 1.82) is 5.26 Å². The smallest absolute Gasteiger partial charge is 0.274 e. The lowest BCUT2D eigenvalue weighted by Crippen LogP contribution is -2.19. The van der Waals surface area contributed by atoms with Gasteiger partial charge in [-0.1, -0.05) is 42.5 Å². The fraction of sp³-hybridized carbons (Fsp3) is 0.107. The molecular weight excluding hydrogens is 572 g/mol. The van der Waals surface area contributed by atoms with Crippen LogP contribution in [0.1, 0.15) is 34.0 Å². The summed E-state index contributed by atoms with van der Waals surface area (Å²) < 4.78 is 26.9. The van der Waals surface area contributed by atoms with E-state index in [1.54, 1.807) is 6.07 Å². The summed E-state index contributed by atoms with van der Waals surface area (Å²) in [6.45, 7) is 2.70. The zero-order valence-corrected chi connectivity index (χ0v) is 21.5. The predicted octanol–water partition coefficient (Wildman–Crippen LogP) is 6.20. The van der Waals surface area contributed by atoms with Crippen molar-refractivity contribution >= 4 is 45.5 Å². The zero-order valence-electron chi connectivity index (χ0n) is 19.3. The topological polar surface area (TPSA) is 83.7 Å². The number of rotatable bonds is 8. The van der Waals surface area contributed by atoms with Crippen molar-refractivity contribution in [2.45, 2.75) is 13.5 Å². The van der Waals surface area contributed by atoms with E-state index in [2.05, 4.69) is 51.3 Å². The Morgan fingerprint density at radius 2 is 1.92 bits per heavy atom. The van der Waals surface area contributed by atoms with Crippen LogP contribution in [0.15, 0.2) is 77.9 Å². The van der Waals surface area contributed by atoms with Crippen molar-refractivity contribution < 1.29 is 18.7 Å². The summed E-state index contributed by atoms with van der Waals surface area (Å²) in [5.74, 6) is -0.340. The second-order valence-electron chi connectivity index (χ2n) is 7.70. The number of hydrogen-bond acceptors (Lipinski definition) is 5. The monoisotopic (exact) mass is 593 g/mol. The molecule has 0 aliphatic carbocycles. The lowest BCUT2D eigenvalue weighted by atomic mass is 10.1. The standard InChI is InChI=1S/C28H21FIN3O3/c1-2-35-26-14-19(16-32-33-28(34)23-11-10-18(15-31)12-24(23)29)13-25(30)27(26)36-17-21-8-5-7-20-6-3-4-9-22(20)21/h3-14,16H,2,17H2,1H3,(H,33,34)/b32-16-. The summed E-state index contributed by atoms with van der Waals surface area (Å²) in [5, 5.41) is 15.1. The van der Waals surface area contributed by atoms with Crippen LogP contribution in [0.4, 0.5) is 4.39 Å². The maximum atomic E-state index is 14.1. The molecule has 0 spiro atoms. The highest BCUT2D eigenvalue weighted by atomic mass is 127. The molecule has 0 bridgehead atoms. The van der Waals surface area contributed by atoms with Gasteiger partial charge in [0.15, 0.2) is 11.5 Å². The highest BCUT2D eigenvalue weighted by Crippen LogP contribution is 2.35. The van der Waals surface area contributed by atoms with Crippen LogP contribution in [0.2, 0.25) is 0 Å². The Morgan fingerprint density at radius 3 is 2.69 bits per heavy atom. The van der Waals surface area contributed by atoms with Gasteiger partial charge in [-0.15, -0.1) is 0 Å². The Morgan fingerprint density at radius 1 is 1.11 bits per heavy atom. The van der Waals surface area contributed by atoms with Gasteiger partial charge in [0.1, 0.15) is 12.4 Å². The van der Waals surface area contributed by atoms with Gasteiger partial charge in [-0.25, -0.2) is 9.82 Å². The number of carbonyl (C=O) groups excluding carboxylic acids is 1. The fourth-order valence-corrected chi connectivity index (χ4v) is 4.41. The molecule has 1 N–H and O–H groups in total. The number of hydrazone groups is 1. The first kappa shape index (κ1) is 25.1. The van der Waals surface area contributed by atoms with Crippen molar-refractivity contribution in [1.82, 2.24) is 5.43 Å². The Balaban J connectivity index is 1.50. The van der Waals surface area contributed by atoms with Gasteiger partial charge in [0.05, 0.1) is 33.6 Å². The van der Waals surface area contributed by atoms with Crippen molar-refractivity contribution in [3.63, 3.8) is 0 Å². The highest BCUT2D eigenvalue weighted by molar-refractivity contribution is 14.1. The van der Waals surface area contributed by atoms with E-state index in [0.717, 1.165) is 26.0 Å². The fourth-order valence-electron chi connectivity index (χ4n) is 3.63. The molecule has 0 aliphatic heterocycles. The van der Waals surface area contributed by atoms with Crippen LogP contribution >= 0.6 is 22.6 Å². The predicted molar refractivity (Wildman–Crippen MR) is 145 cm³/mol. The van der Waals surface area contributed by atoms with Crippen LogP contribution in [0.25, 0.3) is 10.8 Å². The Kier molecular flexibility index (Phi) is 8.13. The van der Waals surface area contributed by atoms with Crippen LogP contribution in [0.5, 0.6) is 11.5 Å². The average molecular weight is 593 g/mol. The Hall–Kier alpha value is -3.97. The maximum Gasteiger partial charge on any atom is 0.274 e. The average Bonchev–Trinajstić information content (AvgIpc) is 2.88. The number of halogens is 2. The Labute approximate surface area is 221 Å². The highest BCUT2D eigenvalue weighted by Gasteiger charge is 2.14. The number of fused-ring (bicyclic) bond motifs is 1. The molecule has 0 unspecified atom stereocenters. The van der Waals surface area contributed by atoms with Crippen LogP contribution in [0.3, 0.4) is 0 Å². The van der Waals surface area contributed by atoms with E-state index in [0.29, 0.717) is 30.3 Å². The van der Waals surface area contributed by atoms with Crippen molar-refractivity contribution in [3.05, 3.63) is 104 Å². The van der Waals surface area contributed by atoms with E-state index in [1.165, 1.54) is 18.3 Å². The van der Waals surface area contributed by atoms with Gasteiger partial charge >= 0.3 is 0 Å². The summed E-state index contributed by atoms with van der Waals surface area (Å²) in [7, 11) is 0. The molecule has 0 aromatic heterocycles. The number of nitrogens with zero attached hydrogens (tertiary/aromatic N) is 2. The van der Waals surface area contributed by atoms with E-state index in [-0.39, 0.29) is 11.1 Å².